The monoisotopic (exact) mass is 358 g/mol. The number of halogens is 3. The maximum atomic E-state index is 12.3. The maximum Gasteiger partial charge on any atom is 0.419 e. The molecule has 0 bridgehead atoms. The van der Waals surface area contributed by atoms with Gasteiger partial charge in [0.05, 0.1) is 28.7 Å². The first-order valence-electron chi connectivity index (χ1n) is 6.41. The van der Waals surface area contributed by atoms with Crippen LogP contribution in [0.4, 0.5) is 21.9 Å². The smallest absolute Gasteiger partial charge is 0.419 e. The van der Waals surface area contributed by atoms with E-state index in [9.17, 15) is 4.79 Å². The standard InChI is InChI=1S/C15H13Cl3N2O2/c1-2-22-15(21)20(13-5-3-9(16)7-11(13)18)14-6-4-10(17)8-12(14)19/h3-8H,2,19H2,1H3. The Balaban J connectivity index is 2.58. The lowest BCUT2D eigenvalue weighted by atomic mass is 10.2. The third kappa shape index (κ3) is 3.58. The fraction of sp³-hybridized carbons (Fsp3) is 0.133. The van der Waals surface area contributed by atoms with Gasteiger partial charge in [0.25, 0.3) is 0 Å². The van der Waals surface area contributed by atoms with Crippen LogP contribution >= 0.6 is 34.8 Å². The van der Waals surface area contributed by atoms with Crippen LogP contribution in [0, 0.1) is 0 Å². The van der Waals surface area contributed by atoms with Gasteiger partial charge in [-0.15, -0.1) is 0 Å². The van der Waals surface area contributed by atoms with E-state index in [4.69, 9.17) is 45.3 Å². The Labute approximate surface area is 143 Å². The lowest BCUT2D eigenvalue weighted by Crippen LogP contribution is -2.27. The second-order valence-corrected chi connectivity index (χ2v) is 5.61. The minimum absolute atomic E-state index is 0.216. The molecule has 4 nitrogen and oxygen atoms in total. The van der Waals surface area contributed by atoms with Crippen molar-refractivity contribution in [1.82, 2.24) is 0 Å². The number of nitrogen functional groups attached to an aromatic ring is 1. The van der Waals surface area contributed by atoms with Crippen molar-refractivity contribution < 1.29 is 9.53 Å². The molecule has 0 spiro atoms. The van der Waals surface area contributed by atoms with Crippen LogP contribution in [-0.4, -0.2) is 12.7 Å². The van der Waals surface area contributed by atoms with Gasteiger partial charge in [0, 0.05) is 10.0 Å². The molecule has 0 unspecified atom stereocenters. The van der Waals surface area contributed by atoms with Crippen molar-refractivity contribution in [3.63, 3.8) is 0 Å². The quantitative estimate of drug-likeness (QED) is 0.734. The molecule has 0 saturated heterocycles. The lowest BCUT2D eigenvalue weighted by Gasteiger charge is -2.24. The minimum atomic E-state index is -0.597. The van der Waals surface area contributed by atoms with Gasteiger partial charge < -0.3 is 10.5 Å². The van der Waals surface area contributed by atoms with Crippen LogP contribution in [0.1, 0.15) is 6.92 Å². The minimum Gasteiger partial charge on any atom is -0.449 e. The summed E-state index contributed by atoms with van der Waals surface area (Å²) in [4.78, 5) is 13.6. The van der Waals surface area contributed by atoms with Gasteiger partial charge in [0.1, 0.15) is 0 Å². The van der Waals surface area contributed by atoms with Gasteiger partial charge in [0.15, 0.2) is 0 Å². The molecule has 0 aliphatic rings. The summed E-state index contributed by atoms with van der Waals surface area (Å²) in [6.07, 6.45) is -0.597. The summed E-state index contributed by atoms with van der Waals surface area (Å²) in [5.74, 6) is 0. The molecule has 0 fully saturated rings. The Morgan fingerprint density at radius 1 is 1.09 bits per heavy atom. The summed E-state index contributed by atoms with van der Waals surface area (Å²) >= 11 is 18.0. The molecule has 1 amide bonds. The predicted molar refractivity (Wildman–Crippen MR) is 91.5 cm³/mol. The van der Waals surface area contributed by atoms with Gasteiger partial charge in [-0.2, -0.15) is 0 Å². The molecule has 0 radical (unpaired) electrons. The normalized spacial score (nSPS) is 10.4. The van der Waals surface area contributed by atoms with Crippen LogP contribution in [0.15, 0.2) is 36.4 Å². The second-order valence-electron chi connectivity index (χ2n) is 4.33. The molecule has 0 aliphatic heterocycles. The van der Waals surface area contributed by atoms with Crippen LogP contribution in [0.25, 0.3) is 0 Å². The van der Waals surface area contributed by atoms with E-state index in [-0.39, 0.29) is 6.61 Å². The zero-order valence-electron chi connectivity index (χ0n) is 11.6. The summed E-state index contributed by atoms with van der Waals surface area (Å²) < 4.78 is 5.09. The number of benzene rings is 2. The maximum absolute atomic E-state index is 12.3. The molecule has 116 valence electrons. The van der Waals surface area contributed by atoms with Crippen LogP contribution in [-0.2, 0) is 4.74 Å². The summed E-state index contributed by atoms with van der Waals surface area (Å²) in [5.41, 5.74) is 7.13. The first-order chi connectivity index (χ1) is 10.4. The fourth-order valence-electron chi connectivity index (χ4n) is 1.91. The van der Waals surface area contributed by atoms with E-state index in [0.29, 0.717) is 32.1 Å². The topological polar surface area (TPSA) is 55.6 Å². The molecular formula is C15H13Cl3N2O2. The van der Waals surface area contributed by atoms with Crippen LogP contribution in [0.5, 0.6) is 0 Å². The summed E-state index contributed by atoms with van der Waals surface area (Å²) in [6, 6.07) is 9.59. The molecular weight excluding hydrogens is 347 g/mol. The van der Waals surface area contributed by atoms with E-state index in [1.54, 1.807) is 37.3 Å². The molecule has 2 N–H and O–H groups in total. The van der Waals surface area contributed by atoms with Crippen LogP contribution in [0.2, 0.25) is 15.1 Å². The van der Waals surface area contributed by atoms with Gasteiger partial charge >= 0.3 is 6.09 Å². The Kier molecular flexibility index (Phi) is 5.40. The van der Waals surface area contributed by atoms with Crippen molar-refractivity contribution in [3.05, 3.63) is 51.5 Å². The molecule has 2 aromatic rings. The molecule has 0 heterocycles. The Hall–Kier alpha value is -1.62. The number of anilines is 3. The second kappa shape index (κ2) is 7.09. The van der Waals surface area contributed by atoms with Crippen molar-refractivity contribution in [2.75, 3.05) is 17.2 Å². The molecule has 0 saturated carbocycles. The van der Waals surface area contributed by atoms with Gasteiger partial charge in [-0.3, -0.25) is 0 Å². The van der Waals surface area contributed by atoms with Crippen molar-refractivity contribution in [3.8, 4) is 0 Å². The Morgan fingerprint density at radius 3 is 2.23 bits per heavy atom. The highest BCUT2D eigenvalue weighted by Crippen LogP contribution is 2.37. The third-order valence-electron chi connectivity index (χ3n) is 2.83. The van der Waals surface area contributed by atoms with Crippen molar-refractivity contribution in [2.45, 2.75) is 6.92 Å². The number of nitrogens with two attached hydrogens (primary N) is 1. The highest BCUT2D eigenvalue weighted by atomic mass is 35.5. The van der Waals surface area contributed by atoms with Crippen molar-refractivity contribution >= 4 is 58.0 Å². The molecule has 0 aromatic heterocycles. The molecule has 2 rings (SSSR count). The van der Waals surface area contributed by atoms with E-state index in [0.717, 1.165) is 0 Å². The van der Waals surface area contributed by atoms with Gasteiger partial charge in [0.2, 0.25) is 0 Å². The molecule has 22 heavy (non-hydrogen) atoms. The largest absolute Gasteiger partial charge is 0.449 e. The number of hydrogen-bond donors (Lipinski definition) is 1. The number of ether oxygens (including phenoxy) is 1. The van der Waals surface area contributed by atoms with E-state index >= 15 is 0 Å². The van der Waals surface area contributed by atoms with Gasteiger partial charge in [-0.05, 0) is 43.3 Å². The number of amides is 1. The van der Waals surface area contributed by atoms with Gasteiger partial charge in [-0.1, -0.05) is 34.8 Å². The zero-order valence-corrected chi connectivity index (χ0v) is 13.9. The highest BCUT2D eigenvalue weighted by molar-refractivity contribution is 6.37. The average molecular weight is 360 g/mol. The van der Waals surface area contributed by atoms with Crippen LogP contribution < -0.4 is 10.6 Å². The molecule has 0 aliphatic carbocycles. The lowest BCUT2D eigenvalue weighted by molar-refractivity contribution is 0.162. The van der Waals surface area contributed by atoms with Crippen molar-refractivity contribution in [1.29, 1.82) is 0 Å². The van der Waals surface area contributed by atoms with E-state index in [1.807, 2.05) is 0 Å². The number of nitrogens with zero attached hydrogens (tertiary/aromatic N) is 1. The average Bonchev–Trinajstić information content (AvgIpc) is 2.44. The summed E-state index contributed by atoms with van der Waals surface area (Å²) in [5, 5.41) is 1.23. The molecule has 2 aromatic carbocycles. The van der Waals surface area contributed by atoms with E-state index in [1.165, 1.54) is 11.0 Å². The molecule has 0 atom stereocenters. The fourth-order valence-corrected chi connectivity index (χ4v) is 2.58. The first kappa shape index (κ1) is 16.7. The first-order valence-corrected chi connectivity index (χ1v) is 7.54. The van der Waals surface area contributed by atoms with Gasteiger partial charge in [-0.25, -0.2) is 9.69 Å². The van der Waals surface area contributed by atoms with Crippen LogP contribution in [0.3, 0.4) is 0 Å². The third-order valence-corrected chi connectivity index (χ3v) is 3.60. The zero-order chi connectivity index (χ0) is 16.3. The number of hydrogen-bond acceptors (Lipinski definition) is 3. The Bertz CT molecular complexity index is 656. The van der Waals surface area contributed by atoms with E-state index < -0.39 is 6.09 Å². The SMILES string of the molecule is CCOC(=O)N(c1ccc(Cl)cc1N)c1ccc(Cl)cc1Cl. The predicted octanol–water partition coefficient (Wildman–Crippen LogP) is 5.52. The van der Waals surface area contributed by atoms with Crippen molar-refractivity contribution in [2.24, 2.45) is 0 Å². The molecule has 7 heteroatoms. The summed E-state index contributed by atoms with van der Waals surface area (Å²) in [6.45, 7) is 1.93. The van der Waals surface area contributed by atoms with E-state index in [2.05, 4.69) is 0 Å². The number of rotatable bonds is 3. The summed E-state index contributed by atoms with van der Waals surface area (Å²) in [7, 11) is 0. The number of carbonyl (C=O) groups excluding carboxylic acids is 1. The Morgan fingerprint density at radius 2 is 1.68 bits per heavy atom. The highest BCUT2D eigenvalue weighted by Gasteiger charge is 2.23. The number of carbonyl (C=O) groups is 1.